The maximum absolute atomic E-state index is 16.0. The summed E-state index contributed by atoms with van der Waals surface area (Å²) in [6.07, 6.45) is -3.58. The standard InChI is InChI=1S/C36H30ClF4N5O5S2/c1-3-4-8-29-25(31(19-42)46(44-29)30-18-23(43-33(47)20-51-2)12-13-26(30)36(39,40)41)16-22-11-10-21(17-28(22)38)24-7-5-6-9-32(24)53(49,50)45-35(48)34-27(37)14-15-52-34/h5-7,9-15,17-18H,3-4,8,16,20H2,1-2H3,(H,43,47)(H,45,48). The maximum Gasteiger partial charge on any atom is 0.418 e. The quantitative estimate of drug-likeness (QED) is 0.115. The molecule has 53 heavy (non-hydrogen) atoms. The van der Waals surface area contributed by atoms with Crippen molar-refractivity contribution in [3.8, 4) is 22.9 Å². The fraction of sp³-hybridized carbons (Fsp3) is 0.222. The molecule has 0 atom stereocenters. The molecular formula is C36H30ClF4N5O5S2. The Balaban J connectivity index is 1.54. The molecule has 10 nitrogen and oxygen atoms in total. The summed E-state index contributed by atoms with van der Waals surface area (Å²) in [7, 11) is -3.17. The lowest BCUT2D eigenvalue weighted by Gasteiger charge is -2.16. The average Bonchev–Trinajstić information content (AvgIpc) is 3.70. The molecule has 0 aliphatic rings. The molecule has 0 saturated heterocycles. The topological polar surface area (TPSA) is 143 Å². The lowest BCUT2D eigenvalue weighted by atomic mass is 9.97. The van der Waals surface area contributed by atoms with Crippen LogP contribution >= 0.6 is 22.9 Å². The summed E-state index contributed by atoms with van der Waals surface area (Å²) < 4.78 is 93.1. The number of nitrogens with zero attached hydrogens (tertiary/aromatic N) is 3. The second-order valence-corrected chi connectivity index (χ2v) is 14.6. The Hall–Kier alpha value is -5.08. The van der Waals surface area contributed by atoms with Gasteiger partial charge >= 0.3 is 6.18 Å². The number of hydrogen-bond acceptors (Lipinski definition) is 8. The van der Waals surface area contributed by atoms with Gasteiger partial charge in [-0.2, -0.15) is 23.5 Å². The smallest absolute Gasteiger partial charge is 0.375 e. The highest BCUT2D eigenvalue weighted by molar-refractivity contribution is 7.90. The molecule has 5 aromatic rings. The highest BCUT2D eigenvalue weighted by atomic mass is 35.5. The van der Waals surface area contributed by atoms with Crippen LogP contribution in [0.25, 0.3) is 16.8 Å². The number of halogens is 5. The summed E-state index contributed by atoms with van der Waals surface area (Å²) in [5.41, 5.74) is -1.11. The van der Waals surface area contributed by atoms with E-state index in [-0.39, 0.29) is 73.6 Å². The lowest BCUT2D eigenvalue weighted by Crippen LogP contribution is -2.30. The molecule has 2 heterocycles. The van der Waals surface area contributed by atoms with E-state index >= 15 is 4.39 Å². The number of ether oxygens (including phenoxy) is 1. The predicted octanol–water partition coefficient (Wildman–Crippen LogP) is 7.92. The van der Waals surface area contributed by atoms with Crippen LogP contribution in [0, 0.1) is 17.1 Å². The van der Waals surface area contributed by atoms with Gasteiger partial charge in [0, 0.05) is 30.3 Å². The number of unbranched alkanes of at least 4 members (excludes halogenated alkanes) is 1. The summed E-state index contributed by atoms with van der Waals surface area (Å²) in [6, 6.07) is 15.9. The lowest BCUT2D eigenvalue weighted by molar-refractivity contribution is -0.137. The summed E-state index contributed by atoms with van der Waals surface area (Å²) in [5, 5.41) is 18.8. The predicted molar refractivity (Wildman–Crippen MR) is 191 cm³/mol. The number of carbonyl (C=O) groups excluding carboxylic acids is 2. The Labute approximate surface area is 311 Å². The van der Waals surface area contributed by atoms with Crippen LogP contribution in [-0.2, 0) is 38.6 Å². The highest BCUT2D eigenvalue weighted by Crippen LogP contribution is 2.37. The minimum absolute atomic E-state index is 0.00216. The number of aryl methyl sites for hydroxylation is 1. The van der Waals surface area contributed by atoms with E-state index in [9.17, 15) is 36.4 Å². The molecule has 2 N–H and O–H groups in total. The van der Waals surface area contributed by atoms with E-state index in [4.69, 9.17) is 16.3 Å². The third-order valence-corrected chi connectivity index (χ3v) is 10.7. The number of rotatable bonds is 13. The first-order valence-corrected chi connectivity index (χ1v) is 18.6. The summed E-state index contributed by atoms with van der Waals surface area (Å²) in [4.78, 5) is 24.5. The van der Waals surface area contributed by atoms with Crippen LogP contribution in [0.5, 0.6) is 0 Å². The molecule has 0 unspecified atom stereocenters. The number of nitrogens with one attached hydrogen (secondary N) is 2. The molecule has 3 aromatic carbocycles. The van der Waals surface area contributed by atoms with Gasteiger partial charge in [0.25, 0.3) is 15.9 Å². The van der Waals surface area contributed by atoms with Gasteiger partial charge < -0.3 is 10.1 Å². The number of hydrogen-bond donors (Lipinski definition) is 2. The van der Waals surface area contributed by atoms with Crippen molar-refractivity contribution >= 4 is 50.5 Å². The zero-order valence-corrected chi connectivity index (χ0v) is 30.4. The van der Waals surface area contributed by atoms with E-state index in [0.717, 1.165) is 40.3 Å². The van der Waals surface area contributed by atoms with Crippen molar-refractivity contribution in [3.05, 3.63) is 116 Å². The molecule has 276 valence electrons. The second kappa shape index (κ2) is 16.3. The van der Waals surface area contributed by atoms with Gasteiger partial charge in [0.15, 0.2) is 0 Å². The van der Waals surface area contributed by atoms with Crippen LogP contribution in [0.15, 0.2) is 77.0 Å². The third-order valence-electron chi connectivity index (χ3n) is 7.99. The number of sulfonamides is 1. The fourth-order valence-corrected chi connectivity index (χ4v) is 7.83. The minimum Gasteiger partial charge on any atom is -0.375 e. The molecule has 17 heteroatoms. The van der Waals surface area contributed by atoms with Crippen molar-refractivity contribution in [1.29, 1.82) is 5.26 Å². The van der Waals surface area contributed by atoms with Crippen LogP contribution in [0.4, 0.5) is 23.2 Å². The molecule has 0 aliphatic carbocycles. The Morgan fingerprint density at radius 3 is 2.49 bits per heavy atom. The fourth-order valence-electron chi connectivity index (χ4n) is 5.54. The first-order chi connectivity index (χ1) is 25.2. The molecule has 0 aliphatic heterocycles. The number of carbonyl (C=O) groups is 2. The van der Waals surface area contributed by atoms with Gasteiger partial charge in [-0.1, -0.05) is 55.3 Å². The first-order valence-electron chi connectivity index (χ1n) is 15.9. The van der Waals surface area contributed by atoms with Crippen LogP contribution in [0.3, 0.4) is 0 Å². The Kier molecular flexibility index (Phi) is 12.0. The second-order valence-electron chi connectivity index (χ2n) is 11.6. The maximum atomic E-state index is 16.0. The van der Waals surface area contributed by atoms with Gasteiger partial charge in [-0.3, -0.25) is 9.59 Å². The Morgan fingerprint density at radius 1 is 1.09 bits per heavy atom. The number of methoxy groups -OCH3 is 1. The van der Waals surface area contributed by atoms with Gasteiger partial charge in [0.1, 0.15) is 29.1 Å². The number of thiophene rings is 1. The SMILES string of the molecule is CCCCc1nn(-c2cc(NC(=O)COC)ccc2C(F)(F)F)c(C#N)c1Cc1ccc(-c2ccccc2S(=O)(=O)NC(=O)c2sccc2Cl)cc1F. The molecule has 0 fully saturated rings. The molecule has 0 bridgehead atoms. The molecule has 0 saturated carbocycles. The molecule has 2 amide bonds. The zero-order valence-electron chi connectivity index (χ0n) is 28.1. The number of benzene rings is 3. The molecule has 5 rings (SSSR count). The van der Waals surface area contributed by atoms with E-state index < -0.39 is 45.1 Å². The van der Waals surface area contributed by atoms with Gasteiger partial charge in [0.05, 0.1) is 26.9 Å². The normalized spacial score (nSPS) is 11.7. The molecule has 0 spiro atoms. The molecule has 2 aromatic heterocycles. The number of amides is 2. The first kappa shape index (κ1) is 39.1. The number of aromatic nitrogens is 2. The van der Waals surface area contributed by atoms with Crippen LogP contribution in [-0.4, -0.2) is 43.7 Å². The van der Waals surface area contributed by atoms with Gasteiger partial charge in [-0.05, 0) is 65.7 Å². The Morgan fingerprint density at radius 2 is 1.85 bits per heavy atom. The van der Waals surface area contributed by atoms with Gasteiger partial charge in [-0.25, -0.2) is 22.2 Å². The molecular weight excluding hydrogens is 758 g/mol. The highest BCUT2D eigenvalue weighted by Gasteiger charge is 2.36. The van der Waals surface area contributed by atoms with E-state index in [0.29, 0.717) is 12.8 Å². The summed E-state index contributed by atoms with van der Waals surface area (Å²) in [6.45, 7) is 1.55. The van der Waals surface area contributed by atoms with Crippen LogP contribution in [0.2, 0.25) is 5.02 Å². The van der Waals surface area contributed by atoms with E-state index in [2.05, 4.69) is 10.4 Å². The van der Waals surface area contributed by atoms with Crippen molar-refractivity contribution in [2.24, 2.45) is 0 Å². The minimum atomic E-state index is -4.86. The van der Waals surface area contributed by atoms with E-state index in [1.54, 1.807) is 6.07 Å². The monoisotopic (exact) mass is 787 g/mol. The van der Waals surface area contributed by atoms with E-state index in [1.807, 2.05) is 17.7 Å². The van der Waals surface area contributed by atoms with Crippen molar-refractivity contribution in [2.45, 2.75) is 43.7 Å². The zero-order chi connectivity index (χ0) is 38.5. The van der Waals surface area contributed by atoms with Crippen LogP contribution < -0.4 is 10.0 Å². The van der Waals surface area contributed by atoms with Gasteiger partial charge in [-0.15, -0.1) is 11.3 Å². The summed E-state index contributed by atoms with van der Waals surface area (Å²) >= 11 is 6.96. The summed E-state index contributed by atoms with van der Waals surface area (Å²) in [5.74, 6) is -2.34. The van der Waals surface area contributed by atoms with Gasteiger partial charge in [0.2, 0.25) is 5.91 Å². The van der Waals surface area contributed by atoms with Crippen molar-refractivity contribution in [3.63, 3.8) is 0 Å². The molecule has 0 radical (unpaired) electrons. The largest absolute Gasteiger partial charge is 0.418 e. The van der Waals surface area contributed by atoms with E-state index in [1.165, 1.54) is 48.9 Å². The van der Waals surface area contributed by atoms with Crippen molar-refractivity contribution in [1.82, 2.24) is 14.5 Å². The third kappa shape index (κ3) is 8.77. The number of alkyl halides is 3. The van der Waals surface area contributed by atoms with Crippen molar-refractivity contribution < 1.29 is 40.3 Å². The average molecular weight is 788 g/mol. The number of anilines is 1. The number of nitriles is 1. The van der Waals surface area contributed by atoms with Crippen LogP contribution in [0.1, 0.15) is 57.5 Å². The Bertz CT molecular complexity index is 2330. The van der Waals surface area contributed by atoms with Crippen molar-refractivity contribution in [2.75, 3.05) is 19.0 Å².